The van der Waals surface area contributed by atoms with E-state index in [2.05, 4.69) is 39.9 Å². The minimum absolute atomic E-state index is 0.114. The van der Waals surface area contributed by atoms with Crippen molar-refractivity contribution in [2.45, 2.75) is 44.6 Å². The summed E-state index contributed by atoms with van der Waals surface area (Å²) in [5.74, 6) is 1.70. The van der Waals surface area contributed by atoms with Crippen molar-refractivity contribution in [1.82, 2.24) is 14.5 Å². The molecule has 2 aliphatic rings. The van der Waals surface area contributed by atoms with Gasteiger partial charge in [-0.3, -0.25) is 4.79 Å². The molecule has 0 radical (unpaired) electrons. The summed E-state index contributed by atoms with van der Waals surface area (Å²) in [5.41, 5.74) is 2.02. The van der Waals surface area contributed by atoms with Gasteiger partial charge in [-0.2, -0.15) is 0 Å². The van der Waals surface area contributed by atoms with Crippen LogP contribution in [-0.2, 0) is 13.0 Å². The maximum absolute atomic E-state index is 12.6. The van der Waals surface area contributed by atoms with Crippen LogP contribution < -0.4 is 0 Å². The molecule has 1 atom stereocenters. The fourth-order valence-electron chi connectivity index (χ4n) is 3.80. The van der Waals surface area contributed by atoms with Crippen LogP contribution >= 0.6 is 0 Å². The summed E-state index contributed by atoms with van der Waals surface area (Å²) < 4.78 is 2.19. The van der Waals surface area contributed by atoms with Crippen LogP contribution in [0.15, 0.2) is 36.5 Å². The quantitative estimate of drug-likeness (QED) is 0.854. The van der Waals surface area contributed by atoms with Crippen molar-refractivity contribution in [3.8, 4) is 0 Å². The summed E-state index contributed by atoms with van der Waals surface area (Å²) in [6.45, 7) is 2.70. The highest BCUT2D eigenvalue weighted by atomic mass is 16.2. The Morgan fingerprint density at radius 2 is 1.87 bits per heavy atom. The van der Waals surface area contributed by atoms with Gasteiger partial charge in [0, 0.05) is 38.2 Å². The Kier molecular flexibility index (Phi) is 3.90. The topological polar surface area (TPSA) is 38.1 Å². The maximum Gasteiger partial charge on any atom is 0.274 e. The molecular formula is C19H23N3O. The summed E-state index contributed by atoms with van der Waals surface area (Å²) >= 11 is 0. The molecule has 0 spiro atoms. The second-order valence-corrected chi connectivity index (χ2v) is 6.69. The third-order valence-corrected chi connectivity index (χ3v) is 5.13. The highest BCUT2D eigenvalue weighted by molar-refractivity contribution is 5.92. The molecule has 2 aromatic rings. The van der Waals surface area contributed by atoms with Crippen molar-refractivity contribution < 1.29 is 4.79 Å². The van der Waals surface area contributed by atoms with E-state index in [1.807, 2.05) is 11.1 Å². The number of benzene rings is 1. The van der Waals surface area contributed by atoms with E-state index in [4.69, 9.17) is 0 Å². The Morgan fingerprint density at radius 3 is 2.65 bits per heavy atom. The normalized spacial score (nSPS) is 21.0. The number of imidazole rings is 1. The highest BCUT2D eigenvalue weighted by Gasteiger charge is 2.25. The second kappa shape index (κ2) is 6.19. The first-order valence-electron chi connectivity index (χ1n) is 8.71. The molecule has 0 saturated carbocycles. The minimum Gasteiger partial charge on any atom is -0.337 e. The predicted octanol–water partition coefficient (Wildman–Crippen LogP) is 3.24. The van der Waals surface area contributed by atoms with Gasteiger partial charge in [0.05, 0.1) is 0 Å². The number of hydrogen-bond donors (Lipinski definition) is 0. The zero-order valence-electron chi connectivity index (χ0n) is 13.4. The van der Waals surface area contributed by atoms with Crippen LogP contribution in [0.4, 0.5) is 0 Å². The van der Waals surface area contributed by atoms with Crippen molar-refractivity contribution in [2.75, 3.05) is 13.1 Å². The van der Waals surface area contributed by atoms with Crippen LogP contribution in [0.1, 0.15) is 53.5 Å². The van der Waals surface area contributed by atoms with E-state index in [9.17, 15) is 4.79 Å². The second-order valence-electron chi connectivity index (χ2n) is 6.69. The van der Waals surface area contributed by atoms with Crippen molar-refractivity contribution in [3.05, 3.63) is 53.6 Å². The first-order valence-corrected chi connectivity index (χ1v) is 8.71. The van der Waals surface area contributed by atoms with E-state index in [0.717, 1.165) is 51.1 Å². The number of carbonyl (C=O) groups excluding carboxylic acids is 1. The first-order chi connectivity index (χ1) is 11.3. The van der Waals surface area contributed by atoms with E-state index in [-0.39, 0.29) is 5.91 Å². The van der Waals surface area contributed by atoms with Crippen molar-refractivity contribution in [2.24, 2.45) is 0 Å². The van der Waals surface area contributed by atoms with Crippen LogP contribution in [0.3, 0.4) is 0 Å². The Bertz CT molecular complexity index is 686. The maximum atomic E-state index is 12.6. The number of aromatic nitrogens is 2. The van der Waals surface area contributed by atoms with Gasteiger partial charge < -0.3 is 9.47 Å². The SMILES string of the molecule is O=C(c1cn2c(n1)CCC(c1ccccc1)C2)N1CCCCC1. The molecule has 1 unspecified atom stereocenters. The number of amides is 1. The van der Waals surface area contributed by atoms with Gasteiger partial charge in [-0.15, -0.1) is 0 Å². The Labute approximate surface area is 137 Å². The van der Waals surface area contributed by atoms with Crippen LogP contribution in [0.5, 0.6) is 0 Å². The Morgan fingerprint density at radius 1 is 1.09 bits per heavy atom. The average Bonchev–Trinajstić information content (AvgIpc) is 3.06. The number of fused-ring (bicyclic) bond motifs is 1. The summed E-state index contributed by atoms with van der Waals surface area (Å²) in [5, 5.41) is 0. The van der Waals surface area contributed by atoms with Gasteiger partial charge in [0.25, 0.3) is 5.91 Å². The molecule has 1 aromatic carbocycles. The van der Waals surface area contributed by atoms with Crippen LogP contribution in [0.2, 0.25) is 0 Å². The molecule has 1 aromatic heterocycles. The fourth-order valence-corrected chi connectivity index (χ4v) is 3.80. The van der Waals surface area contributed by atoms with Gasteiger partial charge in [-0.25, -0.2) is 4.98 Å². The lowest BCUT2D eigenvalue weighted by molar-refractivity contribution is 0.0718. The van der Waals surface area contributed by atoms with Crippen molar-refractivity contribution in [3.63, 3.8) is 0 Å². The molecule has 0 aliphatic carbocycles. The molecule has 0 bridgehead atoms. The largest absolute Gasteiger partial charge is 0.337 e. The monoisotopic (exact) mass is 309 g/mol. The lowest BCUT2D eigenvalue weighted by atomic mass is 9.92. The molecule has 3 heterocycles. The van der Waals surface area contributed by atoms with Crippen molar-refractivity contribution >= 4 is 5.91 Å². The molecule has 4 nitrogen and oxygen atoms in total. The van der Waals surface area contributed by atoms with Gasteiger partial charge in [0.2, 0.25) is 0 Å². The number of aryl methyl sites for hydroxylation is 1. The van der Waals surface area contributed by atoms with Gasteiger partial charge in [0.15, 0.2) is 0 Å². The third-order valence-electron chi connectivity index (χ3n) is 5.13. The van der Waals surface area contributed by atoms with E-state index in [1.54, 1.807) is 0 Å². The third kappa shape index (κ3) is 2.90. The first kappa shape index (κ1) is 14.5. The molecule has 23 heavy (non-hydrogen) atoms. The van der Waals surface area contributed by atoms with Gasteiger partial charge >= 0.3 is 0 Å². The molecule has 1 saturated heterocycles. The lowest BCUT2D eigenvalue weighted by Gasteiger charge is -2.25. The summed E-state index contributed by atoms with van der Waals surface area (Å²) in [6.07, 6.45) is 7.51. The number of carbonyl (C=O) groups is 1. The molecular weight excluding hydrogens is 286 g/mol. The number of rotatable bonds is 2. The molecule has 1 amide bonds. The highest BCUT2D eigenvalue weighted by Crippen LogP contribution is 2.29. The van der Waals surface area contributed by atoms with Crippen LogP contribution in [-0.4, -0.2) is 33.4 Å². The van der Waals surface area contributed by atoms with E-state index in [0.29, 0.717) is 11.6 Å². The number of piperidine rings is 1. The van der Waals surface area contributed by atoms with E-state index < -0.39 is 0 Å². The number of hydrogen-bond acceptors (Lipinski definition) is 2. The standard InChI is InChI=1S/C19H23N3O/c23-19(21-11-5-2-6-12-21)17-14-22-13-16(9-10-18(22)20-17)15-7-3-1-4-8-15/h1,3-4,7-8,14,16H,2,5-6,9-13H2. The number of nitrogens with zero attached hydrogens (tertiary/aromatic N) is 3. The fraction of sp³-hybridized carbons (Fsp3) is 0.474. The minimum atomic E-state index is 0.114. The van der Waals surface area contributed by atoms with Gasteiger partial charge in [0.1, 0.15) is 11.5 Å². The average molecular weight is 309 g/mol. The molecule has 0 N–H and O–H groups in total. The molecule has 4 rings (SSSR count). The smallest absolute Gasteiger partial charge is 0.274 e. The zero-order chi connectivity index (χ0) is 15.6. The van der Waals surface area contributed by atoms with Gasteiger partial charge in [-0.05, 0) is 31.2 Å². The van der Waals surface area contributed by atoms with E-state index >= 15 is 0 Å². The Balaban J connectivity index is 1.52. The van der Waals surface area contributed by atoms with Gasteiger partial charge in [-0.1, -0.05) is 30.3 Å². The molecule has 4 heteroatoms. The lowest BCUT2D eigenvalue weighted by Crippen LogP contribution is -2.35. The Hall–Kier alpha value is -2.10. The van der Waals surface area contributed by atoms with Crippen LogP contribution in [0, 0.1) is 0 Å². The summed E-state index contributed by atoms with van der Waals surface area (Å²) in [7, 11) is 0. The molecule has 1 fully saturated rings. The summed E-state index contributed by atoms with van der Waals surface area (Å²) in [6, 6.07) is 10.7. The summed E-state index contributed by atoms with van der Waals surface area (Å²) in [4.78, 5) is 19.2. The molecule has 2 aliphatic heterocycles. The zero-order valence-corrected chi connectivity index (χ0v) is 13.4. The van der Waals surface area contributed by atoms with E-state index in [1.165, 1.54) is 12.0 Å². The molecule has 120 valence electrons. The number of likely N-dealkylation sites (tertiary alicyclic amines) is 1. The van der Waals surface area contributed by atoms with Crippen LogP contribution in [0.25, 0.3) is 0 Å². The predicted molar refractivity (Wildman–Crippen MR) is 89.5 cm³/mol. The van der Waals surface area contributed by atoms with Crippen molar-refractivity contribution in [1.29, 1.82) is 0 Å².